The van der Waals surface area contributed by atoms with E-state index in [4.69, 9.17) is 5.11 Å². The molecular weight excluding hydrogens is 178 g/mol. The van der Waals surface area contributed by atoms with E-state index >= 15 is 0 Å². The highest BCUT2D eigenvalue weighted by atomic mass is 32.2. The minimum absolute atomic E-state index is 0.187. The van der Waals surface area contributed by atoms with Crippen LogP contribution in [-0.2, 0) is 9.84 Å². The van der Waals surface area contributed by atoms with Crippen LogP contribution in [0.25, 0.3) is 0 Å². The fraction of sp³-hybridized carbons (Fsp3) is 1.00. The van der Waals surface area contributed by atoms with E-state index < -0.39 is 9.84 Å². The summed E-state index contributed by atoms with van der Waals surface area (Å²) in [5.74, 6) is 0.187. The molecule has 0 unspecified atom stereocenters. The lowest BCUT2D eigenvalue weighted by Crippen LogP contribution is -2.23. The fourth-order valence-corrected chi connectivity index (χ4v) is 1.26. The van der Waals surface area contributed by atoms with E-state index in [0.29, 0.717) is 6.54 Å². The maximum atomic E-state index is 10.6. The molecule has 0 rings (SSSR count). The average Bonchev–Trinajstić information content (AvgIpc) is 1.94. The van der Waals surface area contributed by atoms with Crippen LogP contribution in [0.1, 0.15) is 12.8 Å². The Hall–Kier alpha value is -0.130. The molecule has 12 heavy (non-hydrogen) atoms. The standard InChI is InChI=1S/C7H17NO3S/c1-12(10,11)7-5-8-4-2-3-6-9/h8-9H,2-7H2,1H3. The Kier molecular flexibility index (Phi) is 6.32. The van der Waals surface area contributed by atoms with Gasteiger partial charge in [-0.15, -0.1) is 0 Å². The third-order valence-electron chi connectivity index (χ3n) is 1.41. The van der Waals surface area contributed by atoms with E-state index in [9.17, 15) is 8.42 Å². The molecule has 0 heterocycles. The highest BCUT2D eigenvalue weighted by molar-refractivity contribution is 7.90. The highest BCUT2D eigenvalue weighted by Crippen LogP contribution is 1.84. The van der Waals surface area contributed by atoms with Gasteiger partial charge in [-0.25, -0.2) is 8.42 Å². The van der Waals surface area contributed by atoms with Gasteiger partial charge in [0.2, 0.25) is 0 Å². The van der Waals surface area contributed by atoms with Gasteiger partial charge < -0.3 is 10.4 Å². The summed E-state index contributed by atoms with van der Waals surface area (Å²) in [5, 5.41) is 11.4. The van der Waals surface area contributed by atoms with Crippen molar-refractivity contribution in [2.45, 2.75) is 12.8 Å². The molecule has 74 valence electrons. The Bertz CT molecular complexity index is 189. The van der Waals surface area contributed by atoms with Gasteiger partial charge in [0, 0.05) is 19.4 Å². The Labute approximate surface area is 73.9 Å². The molecular formula is C7H17NO3S. The molecule has 0 aliphatic rings. The van der Waals surface area contributed by atoms with Gasteiger partial charge in [0.1, 0.15) is 9.84 Å². The van der Waals surface area contributed by atoms with Gasteiger partial charge in [0.25, 0.3) is 0 Å². The molecule has 0 saturated carbocycles. The van der Waals surface area contributed by atoms with Crippen molar-refractivity contribution >= 4 is 9.84 Å². The van der Waals surface area contributed by atoms with Crippen molar-refractivity contribution in [2.75, 3.05) is 31.7 Å². The lowest BCUT2D eigenvalue weighted by molar-refractivity contribution is 0.284. The summed E-state index contributed by atoms with van der Waals surface area (Å²) in [5.41, 5.74) is 0. The zero-order valence-corrected chi connectivity index (χ0v) is 8.23. The van der Waals surface area contributed by atoms with E-state index in [1.54, 1.807) is 0 Å². The van der Waals surface area contributed by atoms with E-state index in [1.165, 1.54) is 6.26 Å². The highest BCUT2D eigenvalue weighted by Gasteiger charge is 1.99. The lowest BCUT2D eigenvalue weighted by atomic mass is 10.3. The molecule has 0 saturated heterocycles. The van der Waals surface area contributed by atoms with Crippen LogP contribution in [0.2, 0.25) is 0 Å². The van der Waals surface area contributed by atoms with Crippen LogP contribution in [-0.4, -0.2) is 45.2 Å². The molecule has 0 aliphatic heterocycles. The number of hydrogen-bond donors (Lipinski definition) is 2. The van der Waals surface area contributed by atoms with Gasteiger partial charge in [0.05, 0.1) is 5.75 Å². The van der Waals surface area contributed by atoms with Crippen molar-refractivity contribution in [2.24, 2.45) is 0 Å². The largest absolute Gasteiger partial charge is 0.396 e. The monoisotopic (exact) mass is 195 g/mol. The molecule has 0 aromatic heterocycles. The van der Waals surface area contributed by atoms with Crippen molar-refractivity contribution in [1.82, 2.24) is 5.32 Å². The summed E-state index contributed by atoms with van der Waals surface area (Å²) >= 11 is 0. The maximum absolute atomic E-state index is 10.6. The van der Waals surface area contributed by atoms with Crippen LogP contribution < -0.4 is 5.32 Å². The van der Waals surface area contributed by atoms with E-state index in [1.807, 2.05) is 0 Å². The molecule has 0 atom stereocenters. The summed E-state index contributed by atoms with van der Waals surface area (Å²) in [6.07, 6.45) is 2.88. The number of aliphatic hydroxyl groups is 1. The molecule has 0 radical (unpaired) electrons. The number of aliphatic hydroxyl groups excluding tert-OH is 1. The molecule has 4 nitrogen and oxygen atoms in total. The average molecular weight is 195 g/mol. The van der Waals surface area contributed by atoms with Gasteiger partial charge in [-0.1, -0.05) is 0 Å². The first-order valence-corrected chi connectivity index (χ1v) is 6.11. The molecule has 0 aliphatic carbocycles. The SMILES string of the molecule is CS(=O)(=O)CCNCCCCO. The summed E-state index contributed by atoms with van der Waals surface area (Å²) < 4.78 is 21.3. The minimum Gasteiger partial charge on any atom is -0.396 e. The summed E-state index contributed by atoms with van der Waals surface area (Å²) in [6.45, 7) is 1.48. The van der Waals surface area contributed by atoms with Crippen LogP contribution in [0.5, 0.6) is 0 Å². The molecule has 0 aromatic rings. The third-order valence-corrected chi connectivity index (χ3v) is 2.36. The van der Waals surface area contributed by atoms with E-state index in [-0.39, 0.29) is 12.4 Å². The number of sulfone groups is 1. The first-order chi connectivity index (χ1) is 5.56. The van der Waals surface area contributed by atoms with Crippen LogP contribution in [0.4, 0.5) is 0 Å². The first-order valence-electron chi connectivity index (χ1n) is 4.05. The Balaban J connectivity index is 3.12. The minimum atomic E-state index is -2.83. The zero-order chi connectivity index (χ0) is 9.45. The second-order valence-corrected chi connectivity index (χ2v) is 5.07. The number of hydrogen-bond acceptors (Lipinski definition) is 4. The predicted octanol–water partition coefficient (Wildman–Crippen LogP) is -0.607. The lowest BCUT2D eigenvalue weighted by Gasteiger charge is -2.01. The first kappa shape index (κ1) is 11.9. The summed E-state index contributed by atoms with van der Waals surface area (Å²) in [6, 6.07) is 0. The second kappa shape index (κ2) is 6.39. The zero-order valence-electron chi connectivity index (χ0n) is 7.41. The normalized spacial score (nSPS) is 11.8. The molecule has 0 bridgehead atoms. The topological polar surface area (TPSA) is 66.4 Å². The fourth-order valence-electron chi connectivity index (χ4n) is 0.744. The molecule has 0 spiro atoms. The van der Waals surface area contributed by atoms with E-state index in [2.05, 4.69) is 5.32 Å². The molecule has 0 amide bonds. The van der Waals surface area contributed by atoms with Gasteiger partial charge in [-0.3, -0.25) is 0 Å². The molecule has 5 heteroatoms. The Morgan fingerprint density at radius 2 is 1.92 bits per heavy atom. The van der Waals surface area contributed by atoms with Crippen LogP contribution in [0, 0.1) is 0 Å². The van der Waals surface area contributed by atoms with Crippen molar-refractivity contribution in [3.8, 4) is 0 Å². The second-order valence-electron chi connectivity index (χ2n) is 2.81. The van der Waals surface area contributed by atoms with E-state index in [0.717, 1.165) is 19.4 Å². The Morgan fingerprint density at radius 1 is 1.25 bits per heavy atom. The summed E-state index contributed by atoms with van der Waals surface area (Å²) in [7, 11) is -2.83. The summed E-state index contributed by atoms with van der Waals surface area (Å²) in [4.78, 5) is 0. The maximum Gasteiger partial charge on any atom is 0.148 e. The van der Waals surface area contributed by atoms with Crippen LogP contribution >= 0.6 is 0 Å². The van der Waals surface area contributed by atoms with Crippen molar-refractivity contribution < 1.29 is 13.5 Å². The van der Waals surface area contributed by atoms with Crippen molar-refractivity contribution in [3.05, 3.63) is 0 Å². The Morgan fingerprint density at radius 3 is 2.42 bits per heavy atom. The quantitative estimate of drug-likeness (QED) is 0.532. The van der Waals surface area contributed by atoms with Gasteiger partial charge in [-0.2, -0.15) is 0 Å². The third kappa shape index (κ3) is 9.87. The number of nitrogens with one attached hydrogen (secondary N) is 1. The van der Waals surface area contributed by atoms with Crippen LogP contribution in [0.3, 0.4) is 0 Å². The number of unbranched alkanes of at least 4 members (excludes halogenated alkanes) is 1. The van der Waals surface area contributed by atoms with Gasteiger partial charge >= 0.3 is 0 Å². The molecule has 0 aromatic carbocycles. The van der Waals surface area contributed by atoms with Crippen LogP contribution in [0.15, 0.2) is 0 Å². The van der Waals surface area contributed by atoms with Crippen molar-refractivity contribution in [1.29, 1.82) is 0 Å². The number of rotatable bonds is 7. The molecule has 0 fully saturated rings. The van der Waals surface area contributed by atoms with Crippen molar-refractivity contribution in [3.63, 3.8) is 0 Å². The van der Waals surface area contributed by atoms with Gasteiger partial charge in [0.15, 0.2) is 0 Å². The predicted molar refractivity (Wildman–Crippen MR) is 48.9 cm³/mol. The molecule has 2 N–H and O–H groups in total. The van der Waals surface area contributed by atoms with Gasteiger partial charge in [-0.05, 0) is 19.4 Å². The smallest absolute Gasteiger partial charge is 0.148 e.